The van der Waals surface area contributed by atoms with Crippen LogP contribution in [0.1, 0.15) is 30.6 Å². The number of nitrogens with zero attached hydrogens (tertiary/aromatic N) is 2. The number of carbonyl (C=O) groups is 3. The van der Waals surface area contributed by atoms with Crippen molar-refractivity contribution in [3.63, 3.8) is 0 Å². The number of carbonyl (C=O) groups excluding carboxylic acids is 2. The summed E-state index contributed by atoms with van der Waals surface area (Å²) in [5, 5.41) is 12.7. The second kappa shape index (κ2) is 7.30. The minimum atomic E-state index is -1.07. The van der Waals surface area contributed by atoms with Crippen molar-refractivity contribution in [3.05, 3.63) is 42.0 Å². The number of carboxylic acid groups (broad SMARTS) is 1. The molecule has 8 heteroatoms. The summed E-state index contributed by atoms with van der Waals surface area (Å²) in [4.78, 5) is 42.0. The molecule has 27 heavy (non-hydrogen) atoms. The molecule has 0 aliphatic carbocycles. The smallest absolute Gasteiger partial charge is 0.326 e. The Kier molecular flexibility index (Phi) is 5.07. The Hall–Kier alpha value is -3.03. The van der Waals surface area contributed by atoms with E-state index in [1.54, 1.807) is 13.8 Å². The van der Waals surface area contributed by atoms with Crippen LogP contribution >= 0.6 is 0 Å². The summed E-state index contributed by atoms with van der Waals surface area (Å²) in [5.41, 5.74) is 0.212. The third kappa shape index (κ3) is 3.47. The number of aromatic nitrogens is 1. The van der Waals surface area contributed by atoms with Gasteiger partial charge >= 0.3 is 5.97 Å². The number of hydrogen-bond acceptors (Lipinski definition) is 4. The van der Waals surface area contributed by atoms with E-state index < -0.39 is 35.7 Å². The Balaban J connectivity index is 1.81. The molecule has 3 rings (SSSR count). The van der Waals surface area contributed by atoms with Crippen LogP contribution in [0.2, 0.25) is 0 Å². The van der Waals surface area contributed by atoms with Crippen LogP contribution in [0.5, 0.6) is 0 Å². The lowest BCUT2D eigenvalue weighted by molar-refractivity contribution is -0.150. The zero-order valence-corrected chi connectivity index (χ0v) is 15.0. The molecule has 2 unspecified atom stereocenters. The maximum atomic E-state index is 13.9. The molecule has 1 aromatic heterocycles. The highest BCUT2D eigenvalue weighted by atomic mass is 19.1. The van der Waals surface area contributed by atoms with E-state index in [2.05, 4.69) is 10.3 Å². The lowest BCUT2D eigenvalue weighted by Crippen LogP contribution is -2.49. The van der Waals surface area contributed by atoms with Crippen LogP contribution in [0.25, 0.3) is 10.8 Å². The molecule has 2 N–H and O–H groups in total. The molecule has 1 fully saturated rings. The highest BCUT2D eigenvalue weighted by Gasteiger charge is 2.41. The SMILES string of the molecule is CC(C)C(C(=O)O)N1CCC(NC(=O)c2ccc(F)c3ccncc23)C1=O. The summed E-state index contributed by atoms with van der Waals surface area (Å²) in [5.74, 6) is -2.74. The highest BCUT2D eigenvalue weighted by Crippen LogP contribution is 2.23. The third-order valence-electron chi connectivity index (χ3n) is 4.77. The fourth-order valence-electron chi connectivity index (χ4n) is 3.48. The molecular formula is C19H20FN3O4. The van der Waals surface area contributed by atoms with Crippen LogP contribution in [0.4, 0.5) is 4.39 Å². The maximum Gasteiger partial charge on any atom is 0.326 e. The van der Waals surface area contributed by atoms with Gasteiger partial charge in [-0.15, -0.1) is 0 Å². The van der Waals surface area contributed by atoms with E-state index in [4.69, 9.17) is 0 Å². The molecule has 2 aromatic rings. The largest absolute Gasteiger partial charge is 0.480 e. The standard InChI is InChI=1S/C19H20FN3O4/c1-10(2)16(19(26)27)23-8-6-15(18(23)25)22-17(24)12-3-4-14(20)11-5-7-21-9-13(11)12/h3-5,7,9-10,15-16H,6,8H2,1-2H3,(H,22,24)(H,26,27). The average molecular weight is 373 g/mol. The zero-order valence-electron chi connectivity index (χ0n) is 15.0. The first-order valence-electron chi connectivity index (χ1n) is 8.67. The summed E-state index contributed by atoms with van der Waals surface area (Å²) in [6.45, 7) is 3.72. The van der Waals surface area contributed by atoms with Gasteiger partial charge in [-0.05, 0) is 30.5 Å². The number of aliphatic carboxylic acids is 1. The molecule has 2 atom stereocenters. The van der Waals surface area contributed by atoms with Gasteiger partial charge in [-0.25, -0.2) is 9.18 Å². The first-order chi connectivity index (χ1) is 12.8. The van der Waals surface area contributed by atoms with E-state index in [1.165, 1.54) is 35.5 Å². The van der Waals surface area contributed by atoms with E-state index in [1.807, 2.05) is 0 Å². The van der Waals surface area contributed by atoms with Crippen molar-refractivity contribution in [2.75, 3.05) is 6.54 Å². The monoisotopic (exact) mass is 373 g/mol. The topological polar surface area (TPSA) is 99.6 Å². The predicted octanol–water partition coefficient (Wildman–Crippen LogP) is 1.81. The van der Waals surface area contributed by atoms with E-state index in [0.29, 0.717) is 11.8 Å². The maximum absolute atomic E-state index is 13.9. The van der Waals surface area contributed by atoms with Gasteiger partial charge in [-0.3, -0.25) is 14.6 Å². The van der Waals surface area contributed by atoms with Crippen molar-refractivity contribution in [1.82, 2.24) is 15.2 Å². The van der Waals surface area contributed by atoms with Crippen LogP contribution in [-0.2, 0) is 9.59 Å². The number of nitrogens with one attached hydrogen (secondary N) is 1. The molecule has 1 aliphatic rings. The predicted molar refractivity (Wildman–Crippen MR) is 95.5 cm³/mol. The van der Waals surface area contributed by atoms with Crippen LogP contribution in [0.3, 0.4) is 0 Å². The Morgan fingerprint density at radius 2 is 2.04 bits per heavy atom. The molecule has 2 heterocycles. The van der Waals surface area contributed by atoms with Gasteiger partial charge in [0.05, 0.1) is 0 Å². The van der Waals surface area contributed by atoms with Gasteiger partial charge in [0.25, 0.3) is 5.91 Å². The second-order valence-electron chi connectivity index (χ2n) is 6.89. The van der Waals surface area contributed by atoms with Crippen molar-refractivity contribution in [2.45, 2.75) is 32.4 Å². The number of amides is 2. The number of benzene rings is 1. The number of pyridine rings is 1. The first kappa shape index (κ1) is 18.8. The molecular weight excluding hydrogens is 353 g/mol. The lowest BCUT2D eigenvalue weighted by Gasteiger charge is -2.27. The molecule has 0 spiro atoms. The molecule has 0 saturated carbocycles. The number of fused-ring (bicyclic) bond motifs is 1. The van der Waals surface area contributed by atoms with E-state index >= 15 is 0 Å². The first-order valence-corrected chi connectivity index (χ1v) is 8.67. The zero-order chi connectivity index (χ0) is 19.7. The number of carboxylic acids is 1. The number of hydrogen-bond donors (Lipinski definition) is 2. The van der Waals surface area contributed by atoms with Gasteiger partial charge in [0.1, 0.15) is 17.9 Å². The summed E-state index contributed by atoms with van der Waals surface area (Å²) < 4.78 is 13.9. The highest BCUT2D eigenvalue weighted by molar-refractivity contribution is 6.08. The van der Waals surface area contributed by atoms with Gasteiger partial charge < -0.3 is 15.3 Å². The van der Waals surface area contributed by atoms with E-state index in [0.717, 1.165) is 0 Å². The third-order valence-corrected chi connectivity index (χ3v) is 4.77. The summed E-state index contributed by atoms with van der Waals surface area (Å²) in [6, 6.07) is 2.27. The Labute approximate surface area is 155 Å². The Morgan fingerprint density at radius 1 is 1.30 bits per heavy atom. The average Bonchev–Trinajstić information content (AvgIpc) is 2.95. The van der Waals surface area contributed by atoms with E-state index in [9.17, 15) is 23.9 Å². The van der Waals surface area contributed by atoms with Gasteiger partial charge in [-0.2, -0.15) is 0 Å². The molecule has 1 saturated heterocycles. The van der Waals surface area contributed by atoms with Crippen LogP contribution < -0.4 is 5.32 Å². The lowest BCUT2D eigenvalue weighted by atomic mass is 10.0. The summed E-state index contributed by atoms with van der Waals surface area (Å²) in [6.07, 6.45) is 3.15. The fourth-order valence-corrected chi connectivity index (χ4v) is 3.48. The van der Waals surface area contributed by atoms with Crippen LogP contribution in [0.15, 0.2) is 30.6 Å². The van der Waals surface area contributed by atoms with Gasteiger partial charge in [0, 0.05) is 35.3 Å². The molecule has 1 aromatic carbocycles. The number of rotatable bonds is 5. The number of likely N-dealkylation sites (tertiary alicyclic amines) is 1. The van der Waals surface area contributed by atoms with Crippen molar-refractivity contribution in [1.29, 1.82) is 0 Å². The minimum Gasteiger partial charge on any atom is -0.480 e. The molecule has 0 bridgehead atoms. The summed E-state index contributed by atoms with van der Waals surface area (Å²) in [7, 11) is 0. The number of halogens is 1. The Bertz CT molecular complexity index is 915. The molecule has 1 aliphatic heterocycles. The molecule has 0 radical (unpaired) electrons. The van der Waals surface area contributed by atoms with Crippen molar-refractivity contribution in [3.8, 4) is 0 Å². The fraction of sp³-hybridized carbons (Fsp3) is 0.368. The van der Waals surface area contributed by atoms with Crippen molar-refractivity contribution in [2.24, 2.45) is 5.92 Å². The minimum absolute atomic E-state index is 0.212. The molecule has 142 valence electrons. The molecule has 7 nitrogen and oxygen atoms in total. The van der Waals surface area contributed by atoms with Gasteiger partial charge in [-0.1, -0.05) is 13.8 Å². The van der Waals surface area contributed by atoms with Gasteiger partial charge in [0.15, 0.2) is 0 Å². The molecule has 2 amide bonds. The Morgan fingerprint density at radius 3 is 2.70 bits per heavy atom. The van der Waals surface area contributed by atoms with Crippen molar-refractivity contribution < 1.29 is 23.9 Å². The summed E-state index contributed by atoms with van der Waals surface area (Å²) >= 11 is 0. The van der Waals surface area contributed by atoms with Gasteiger partial charge in [0.2, 0.25) is 5.91 Å². The van der Waals surface area contributed by atoms with E-state index in [-0.39, 0.29) is 23.4 Å². The van der Waals surface area contributed by atoms with Crippen molar-refractivity contribution >= 4 is 28.6 Å². The van der Waals surface area contributed by atoms with Crippen LogP contribution in [-0.4, -0.2) is 51.4 Å². The normalized spacial score (nSPS) is 18.1. The van der Waals surface area contributed by atoms with Crippen LogP contribution in [0, 0.1) is 11.7 Å². The quantitative estimate of drug-likeness (QED) is 0.833. The second-order valence-corrected chi connectivity index (χ2v) is 6.89.